The van der Waals surface area contributed by atoms with Crippen LogP contribution < -0.4 is 10.9 Å². The van der Waals surface area contributed by atoms with E-state index in [0.717, 1.165) is 39.3 Å². The lowest BCUT2D eigenvalue weighted by Gasteiger charge is -2.33. The maximum Gasteiger partial charge on any atom is 0.341 e. The van der Waals surface area contributed by atoms with Gasteiger partial charge in [-0.3, -0.25) is 5.32 Å². The molecule has 2 atom stereocenters. The van der Waals surface area contributed by atoms with Crippen LogP contribution in [-0.2, 0) is 6.42 Å². The lowest BCUT2D eigenvalue weighted by Crippen LogP contribution is -2.37. The van der Waals surface area contributed by atoms with E-state index in [0.29, 0.717) is 5.58 Å². The zero-order valence-corrected chi connectivity index (χ0v) is 16.9. The molecule has 150 valence electrons. The molecule has 0 radical (unpaired) electrons. The minimum absolute atomic E-state index is 0.107. The zero-order valence-electron chi connectivity index (χ0n) is 16.9. The average molecular weight is 403 g/mol. The fraction of sp³-hybridized carbons (Fsp3) is 0.107. The minimum atomic E-state index is -0.258. The van der Waals surface area contributed by atoms with Crippen LogP contribution in [0, 0.1) is 0 Å². The molecule has 6 rings (SSSR count). The van der Waals surface area contributed by atoms with Gasteiger partial charge in [0.1, 0.15) is 5.58 Å². The highest BCUT2D eigenvalue weighted by Crippen LogP contribution is 2.38. The molecular formula is C28H21NO2. The molecule has 0 saturated carbocycles. The molecule has 1 N–H and O–H groups in total. The van der Waals surface area contributed by atoms with Gasteiger partial charge in [-0.25, -0.2) is 4.79 Å². The summed E-state index contributed by atoms with van der Waals surface area (Å²) in [6, 6.07) is 32.8. The Morgan fingerprint density at radius 2 is 1.39 bits per heavy atom. The Labute approximate surface area is 180 Å². The predicted octanol–water partition coefficient (Wildman–Crippen LogP) is 5.92. The molecule has 0 fully saturated rings. The summed E-state index contributed by atoms with van der Waals surface area (Å²) in [5.74, 6) is 0. The lowest BCUT2D eigenvalue weighted by molar-refractivity contribution is 0.430. The Balaban J connectivity index is 1.65. The summed E-state index contributed by atoms with van der Waals surface area (Å²) in [4.78, 5) is 13.3. The third kappa shape index (κ3) is 2.97. The van der Waals surface area contributed by atoms with E-state index in [2.05, 4.69) is 59.9 Å². The van der Waals surface area contributed by atoms with Crippen LogP contribution in [0.1, 0.15) is 34.3 Å². The van der Waals surface area contributed by atoms with Crippen LogP contribution in [0.15, 0.2) is 106 Å². The first kappa shape index (κ1) is 18.1. The maximum absolute atomic E-state index is 13.3. The molecule has 1 aliphatic heterocycles. The summed E-state index contributed by atoms with van der Waals surface area (Å²) >= 11 is 0. The lowest BCUT2D eigenvalue weighted by atomic mass is 9.83. The molecule has 0 amide bonds. The Hall–Kier alpha value is -3.69. The Bertz CT molecular complexity index is 1460. The highest BCUT2D eigenvalue weighted by molar-refractivity contribution is 6.05. The number of hydrogen-bond donors (Lipinski definition) is 1. The molecule has 5 aromatic rings. The van der Waals surface area contributed by atoms with E-state index in [1.807, 2.05) is 42.5 Å². The van der Waals surface area contributed by atoms with Crippen LogP contribution in [0.2, 0.25) is 0 Å². The summed E-state index contributed by atoms with van der Waals surface area (Å²) in [6.45, 7) is 0. The molecule has 2 unspecified atom stereocenters. The molecule has 0 bridgehead atoms. The molecule has 1 aromatic heterocycles. The van der Waals surface area contributed by atoms with E-state index >= 15 is 0 Å². The van der Waals surface area contributed by atoms with E-state index in [1.165, 1.54) is 5.56 Å². The number of benzene rings is 4. The molecule has 1 aliphatic rings. The standard InChI is InChI=1S/C28H21NO2/c30-28-25-23(22-16-15-18-9-7-8-14-21(18)27(22)31-28)17-24(19-10-3-1-4-11-19)29-26(25)20-12-5-2-6-13-20/h1-16,24,26,29H,17H2. The van der Waals surface area contributed by atoms with Gasteiger partial charge < -0.3 is 4.42 Å². The van der Waals surface area contributed by atoms with Gasteiger partial charge in [0.15, 0.2) is 0 Å². The van der Waals surface area contributed by atoms with E-state index < -0.39 is 0 Å². The van der Waals surface area contributed by atoms with E-state index in [1.54, 1.807) is 0 Å². The number of fused-ring (bicyclic) bond motifs is 5. The fourth-order valence-corrected chi connectivity index (χ4v) is 4.87. The van der Waals surface area contributed by atoms with Gasteiger partial charge in [0.25, 0.3) is 0 Å². The minimum Gasteiger partial charge on any atom is -0.422 e. The van der Waals surface area contributed by atoms with Gasteiger partial charge in [-0.1, -0.05) is 97.1 Å². The number of nitrogens with one attached hydrogen (secondary N) is 1. The van der Waals surface area contributed by atoms with Crippen molar-refractivity contribution in [1.82, 2.24) is 5.32 Å². The third-order valence-corrected chi connectivity index (χ3v) is 6.34. The van der Waals surface area contributed by atoms with Crippen molar-refractivity contribution >= 4 is 21.7 Å². The van der Waals surface area contributed by atoms with E-state index in [-0.39, 0.29) is 17.7 Å². The molecule has 3 heteroatoms. The van der Waals surface area contributed by atoms with Gasteiger partial charge >= 0.3 is 5.63 Å². The highest BCUT2D eigenvalue weighted by Gasteiger charge is 2.33. The Morgan fingerprint density at radius 3 is 2.16 bits per heavy atom. The molecule has 0 saturated heterocycles. The quantitative estimate of drug-likeness (QED) is 0.294. The molecular weight excluding hydrogens is 382 g/mol. The predicted molar refractivity (Wildman–Crippen MR) is 124 cm³/mol. The molecule has 4 aromatic carbocycles. The molecule has 0 aliphatic carbocycles. The third-order valence-electron chi connectivity index (χ3n) is 6.34. The van der Waals surface area contributed by atoms with Crippen molar-refractivity contribution in [2.75, 3.05) is 0 Å². The van der Waals surface area contributed by atoms with Crippen molar-refractivity contribution < 1.29 is 4.42 Å². The fourth-order valence-electron chi connectivity index (χ4n) is 4.87. The van der Waals surface area contributed by atoms with Crippen molar-refractivity contribution in [2.45, 2.75) is 18.5 Å². The highest BCUT2D eigenvalue weighted by atomic mass is 16.4. The van der Waals surface area contributed by atoms with Gasteiger partial charge in [0, 0.05) is 16.8 Å². The molecule has 31 heavy (non-hydrogen) atoms. The first-order valence-electron chi connectivity index (χ1n) is 10.6. The summed E-state index contributed by atoms with van der Waals surface area (Å²) in [7, 11) is 0. The van der Waals surface area contributed by atoms with Gasteiger partial charge in [-0.15, -0.1) is 0 Å². The summed E-state index contributed by atoms with van der Waals surface area (Å²) in [5.41, 5.74) is 4.52. The summed E-state index contributed by atoms with van der Waals surface area (Å²) in [5, 5.41) is 6.80. The molecule has 3 nitrogen and oxygen atoms in total. The first-order chi connectivity index (χ1) is 15.3. The van der Waals surface area contributed by atoms with Gasteiger partial charge in [-0.05, 0) is 28.5 Å². The second kappa shape index (κ2) is 7.22. The van der Waals surface area contributed by atoms with Crippen LogP contribution in [-0.4, -0.2) is 0 Å². The Morgan fingerprint density at radius 1 is 0.710 bits per heavy atom. The number of hydrogen-bond acceptors (Lipinski definition) is 3. The SMILES string of the molecule is O=c1oc2c(ccc3ccccc32)c2c1C(c1ccccc1)NC(c1ccccc1)C2. The van der Waals surface area contributed by atoms with E-state index in [4.69, 9.17) is 4.42 Å². The summed E-state index contributed by atoms with van der Waals surface area (Å²) in [6.07, 6.45) is 0.739. The van der Waals surface area contributed by atoms with Crippen molar-refractivity contribution in [2.24, 2.45) is 0 Å². The largest absolute Gasteiger partial charge is 0.422 e. The van der Waals surface area contributed by atoms with Crippen LogP contribution >= 0.6 is 0 Å². The Kier molecular flexibility index (Phi) is 4.22. The average Bonchev–Trinajstić information content (AvgIpc) is 2.84. The second-order valence-corrected chi connectivity index (χ2v) is 8.12. The molecule has 0 spiro atoms. The van der Waals surface area contributed by atoms with Crippen LogP contribution in [0.3, 0.4) is 0 Å². The van der Waals surface area contributed by atoms with Crippen LogP contribution in [0.4, 0.5) is 0 Å². The van der Waals surface area contributed by atoms with Crippen LogP contribution in [0.25, 0.3) is 21.7 Å². The topological polar surface area (TPSA) is 42.2 Å². The summed E-state index contributed by atoms with van der Waals surface area (Å²) < 4.78 is 5.97. The monoisotopic (exact) mass is 403 g/mol. The van der Waals surface area contributed by atoms with Gasteiger partial charge in [-0.2, -0.15) is 0 Å². The van der Waals surface area contributed by atoms with Crippen LogP contribution in [0.5, 0.6) is 0 Å². The smallest absolute Gasteiger partial charge is 0.341 e. The van der Waals surface area contributed by atoms with Crippen molar-refractivity contribution in [1.29, 1.82) is 0 Å². The maximum atomic E-state index is 13.3. The van der Waals surface area contributed by atoms with Crippen molar-refractivity contribution in [3.8, 4) is 0 Å². The van der Waals surface area contributed by atoms with E-state index in [9.17, 15) is 4.79 Å². The number of rotatable bonds is 2. The van der Waals surface area contributed by atoms with Crippen molar-refractivity contribution in [3.05, 3.63) is 130 Å². The van der Waals surface area contributed by atoms with Crippen molar-refractivity contribution in [3.63, 3.8) is 0 Å². The second-order valence-electron chi connectivity index (χ2n) is 8.12. The first-order valence-corrected chi connectivity index (χ1v) is 10.6. The van der Waals surface area contributed by atoms with Gasteiger partial charge in [0.2, 0.25) is 0 Å². The zero-order chi connectivity index (χ0) is 20.8. The normalized spacial score (nSPS) is 18.2. The van der Waals surface area contributed by atoms with Gasteiger partial charge in [0.05, 0.1) is 11.6 Å². The molecule has 2 heterocycles.